The van der Waals surface area contributed by atoms with Crippen molar-refractivity contribution in [2.24, 2.45) is 5.14 Å². The van der Waals surface area contributed by atoms with Gasteiger partial charge in [-0.25, -0.2) is 13.6 Å². The fraction of sp³-hybridized carbons (Fsp3) is 0. The third-order valence-electron chi connectivity index (χ3n) is 1.52. The molecular formula is C6H5IN2O5S. The van der Waals surface area contributed by atoms with E-state index in [4.69, 9.17) is 5.14 Å². The maximum Gasteiger partial charge on any atom is 0.270 e. The van der Waals surface area contributed by atoms with E-state index in [1.165, 1.54) is 0 Å². The van der Waals surface area contributed by atoms with Crippen molar-refractivity contribution in [2.75, 3.05) is 0 Å². The highest BCUT2D eigenvalue weighted by molar-refractivity contribution is 14.1. The van der Waals surface area contributed by atoms with Crippen LogP contribution in [0.5, 0.6) is 0 Å². The summed E-state index contributed by atoms with van der Waals surface area (Å²) in [6.07, 6.45) is 0. The smallest absolute Gasteiger partial charge is 0.265 e. The summed E-state index contributed by atoms with van der Waals surface area (Å²) in [7, 11) is -4.08. The number of nitrogens with zero attached hydrogens (tertiary/aromatic N) is 1. The van der Waals surface area contributed by atoms with Crippen LogP contribution >= 0.6 is 21.2 Å². The van der Waals surface area contributed by atoms with Crippen LogP contribution in [0.1, 0.15) is 0 Å². The van der Waals surface area contributed by atoms with E-state index in [1.54, 1.807) is 0 Å². The Balaban J connectivity index is 3.52. The van der Waals surface area contributed by atoms with Crippen molar-refractivity contribution in [3.05, 3.63) is 31.9 Å². The number of hydrogen-bond acceptors (Lipinski definition) is 5. The molecule has 0 unspecified atom stereocenters. The maximum atomic E-state index is 11.0. The number of nitrogens with two attached hydrogens (primary N) is 1. The zero-order valence-electron chi connectivity index (χ0n) is 7.08. The number of sulfonamides is 1. The molecule has 0 saturated carbocycles. The Morgan fingerprint density at radius 3 is 2.40 bits per heavy atom. The van der Waals surface area contributed by atoms with E-state index in [-0.39, 0.29) is 3.57 Å². The van der Waals surface area contributed by atoms with Gasteiger partial charge in [-0.2, -0.15) is 0 Å². The van der Waals surface area contributed by atoms with Crippen LogP contribution in [-0.2, 0) is 13.1 Å². The Labute approximate surface area is 95.1 Å². The van der Waals surface area contributed by atoms with Crippen molar-refractivity contribution < 1.29 is 16.4 Å². The Hall–Kier alpha value is -0.940. The molecule has 0 radical (unpaired) electrons. The quantitative estimate of drug-likeness (QED) is 0.492. The zero-order valence-corrected chi connectivity index (χ0v) is 10.1. The molecular weight excluding hydrogens is 339 g/mol. The summed E-state index contributed by atoms with van der Waals surface area (Å²) >= 11 is -1.74. The molecule has 1 rings (SSSR count). The first-order valence-electron chi connectivity index (χ1n) is 3.44. The molecule has 1 aromatic rings. The summed E-state index contributed by atoms with van der Waals surface area (Å²) in [5, 5.41) is 15.2. The van der Waals surface area contributed by atoms with Crippen molar-refractivity contribution >= 4 is 36.9 Å². The van der Waals surface area contributed by atoms with E-state index < -0.39 is 46.7 Å². The molecule has 0 atom stereocenters. The molecule has 0 spiro atoms. The molecule has 15 heavy (non-hydrogen) atoms. The van der Waals surface area contributed by atoms with Crippen LogP contribution < -0.4 is 5.14 Å². The third-order valence-corrected chi connectivity index (χ3v) is 4.25. The Bertz CT molecular complexity index is 526. The van der Waals surface area contributed by atoms with Crippen molar-refractivity contribution in [1.29, 1.82) is 0 Å². The molecule has 0 fully saturated rings. The Morgan fingerprint density at radius 1 is 1.40 bits per heavy atom. The number of hydrogen-bond donors (Lipinski definition) is 1. The van der Waals surface area contributed by atoms with Gasteiger partial charge in [0, 0.05) is 12.1 Å². The molecule has 0 aliphatic heterocycles. The van der Waals surface area contributed by atoms with Gasteiger partial charge in [-0.3, -0.25) is 13.2 Å². The van der Waals surface area contributed by atoms with Gasteiger partial charge in [0.2, 0.25) is 10.0 Å². The van der Waals surface area contributed by atoms with E-state index in [1.807, 2.05) is 0 Å². The predicted octanol–water partition coefficient (Wildman–Crippen LogP) is 0.728. The summed E-state index contributed by atoms with van der Waals surface area (Å²) in [6.45, 7) is 0. The number of benzene rings is 1. The van der Waals surface area contributed by atoms with Crippen molar-refractivity contribution in [3.63, 3.8) is 0 Å². The number of nitro benzene ring substituents is 1. The predicted molar refractivity (Wildman–Crippen MR) is 57.9 cm³/mol. The molecule has 0 saturated heterocycles. The van der Waals surface area contributed by atoms with Crippen LogP contribution in [0.25, 0.3) is 0 Å². The lowest BCUT2D eigenvalue weighted by molar-refractivity contribution is -0.385. The van der Waals surface area contributed by atoms with Gasteiger partial charge < -0.3 is 0 Å². The summed E-state index contributed by atoms with van der Waals surface area (Å²) in [5.41, 5.74) is -0.403. The SMILES string of the molecule is NS(=O)(=O)c1cc([N+](=O)[O-])ccc1I=O. The summed E-state index contributed by atoms with van der Waals surface area (Å²) in [6, 6.07) is 3.03. The van der Waals surface area contributed by atoms with Gasteiger partial charge in [0.05, 0.1) is 8.49 Å². The van der Waals surface area contributed by atoms with Crippen LogP contribution in [0.3, 0.4) is 0 Å². The van der Waals surface area contributed by atoms with Crippen molar-refractivity contribution in [2.45, 2.75) is 4.90 Å². The molecule has 0 aliphatic rings. The Morgan fingerprint density at radius 2 is 2.00 bits per heavy atom. The fourth-order valence-corrected chi connectivity index (χ4v) is 3.34. The largest absolute Gasteiger partial charge is 0.270 e. The van der Waals surface area contributed by atoms with Crippen LogP contribution in [0.15, 0.2) is 23.1 Å². The summed E-state index contributed by atoms with van der Waals surface area (Å²) < 4.78 is 32.8. The highest BCUT2D eigenvalue weighted by Crippen LogP contribution is 2.24. The first kappa shape index (κ1) is 12.1. The maximum absolute atomic E-state index is 11.0. The first-order valence-corrected chi connectivity index (χ1v) is 6.95. The lowest BCUT2D eigenvalue weighted by atomic mass is 10.3. The summed E-state index contributed by atoms with van der Waals surface area (Å²) in [4.78, 5) is 9.19. The molecule has 9 heteroatoms. The van der Waals surface area contributed by atoms with E-state index >= 15 is 0 Å². The zero-order chi connectivity index (χ0) is 11.6. The fourth-order valence-electron chi connectivity index (χ4n) is 0.887. The number of nitro groups is 1. The number of rotatable bonds is 3. The van der Waals surface area contributed by atoms with Crippen molar-refractivity contribution in [3.8, 4) is 0 Å². The highest BCUT2D eigenvalue weighted by atomic mass is 127. The first-order chi connectivity index (χ1) is 6.86. The molecule has 0 aliphatic carbocycles. The highest BCUT2D eigenvalue weighted by Gasteiger charge is 2.18. The minimum Gasteiger partial charge on any atom is -0.265 e. The molecule has 0 aromatic heterocycles. The summed E-state index contributed by atoms with van der Waals surface area (Å²) in [5.74, 6) is 0. The second-order valence-electron chi connectivity index (χ2n) is 2.49. The van der Waals surface area contributed by atoms with E-state index in [9.17, 15) is 21.6 Å². The standard InChI is InChI=1S/C6H5IN2O5S/c8-15(13,14)6-3-4(9(11)12)1-2-5(6)7-10/h1-3H,(H2,8,13,14). The van der Waals surface area contributed by atoms with Crippen LogP contribution in [-0.4, -0.2) is 13.3 Å². The van der Waals surface area contributed by atoms with Crippen molar-refractivity contribution in [1.82, 2.24) is 0 Å². The molecule has 1 aromatic carbocycles. The molecule has 7 nitrogen and oxygen atoms in total. The van der Waals surface area contributed by atoms with E-state index in [0.29, 0.717) is 0 Å². The minimum absolute atomic E-state index is 0.0295. The molecule has 0 amide bonds. The van der Waals surface area contributed by atoms with Gasteiger partial charge in [-0.1, -0.05) is 0 Å². The van der Waals surface area contributed by atoms with Gasteiger partial charge >= 0.3 is 0 Å². The lowest BCUT2D eigenvalue weighted by Crippen LogP contribution is -2.14. The molecule has 82 valence electrons. The average molecular weight is 344 g/mol. The third kappa shape index (κ3) is 2.76. The number of halogens is 1. The molecule has 0 heterocycles. The van der Waals surface area contributed by atoms with Gasteiger partial charge in [0.1, 0.15) is 4.90 Å². The number of primary sulfonamides is 1. The van der Waals surface area contributed by atoms with Crippen LogP contribution in [0, 0.1) is 13.7 Å². The van der Waals surface area contributed by atoms with Gasteiger partial charge in [-0.15, -0.1) is 0 Å². The minimum atomic E-state index is -4.08. The van der Waals surface area contributed by atoms with Gasteiger partial charge in [0.25, 0.3) is 5.69 Å². The van der Waals surface area contributed by atoms with Gasteiger partial charge in [0.15, 0.2) is 21.2 Å². The second kappa shape index (κ2) is 4.28. The van der Waals surface area contributed by atoms with Gasteiger partial charge in [-0.05, 0) is 6.07 Å². The number of non-ortho nitro benzene ring substituents is 1. The average Bonchev–Trinajstić information content (AvgIpc) is 2.15. The normalized spacial score (nSPS) is 11.3. The van der Waals surface area contributed by atoms with E-state index in [0.717, 1.165) is 18.2 Å². The van der Waals surface area contributed by atoms with E-state index in [2.05, 4.69) is 0 Å². The molecule has 0 bridgehead atoms. The molecule has 2 N–H and O–H groups in total. The monoisotopic (exact) mass is 344 g/mol. The topological polar surface area (TPSA) is 120 Å². The second-order valence-corrected chi connectivity index (χ2v) is 5.63. The Kier molecular flexibility index (Phi) is 3.46. The van der Waals surface area contributed by atoms with Crippen LogP contribution in [0.4, 0.5) is 5.69 Å². The van der Waals surface area contributed by atoms with Crippen LogP contribution in [0.2, 0.25) is 0 Å². The lowest BCUT2D eigenvalue weighted by Gasteiger charge is -2.00.